The van der Waals surface area contributed by atoms with Gasteiger partial charge in [-0.05, 0) is 31.1 Å². The third-order valence-electron chi connectivity index (χ3n) is 2.08. The zero-order valence-corrected chi connectivity index (χ0v) is 12.5. The molecule has 0 aromatic carbocycles. The molecule has 0 aromatic heterocycles. The fourth-order valence-corrected chi connectivity index (χ4v) is 3.53. The van der Waals surface area contributed by atoms with Crippen LogP contribution >= 0.6 is 17.1 Å². The molecule has 0 fully saturated rings. The summed E-state index contributed by atoms with van der Waals surface area (Å²) in [7, 11) is 0. The van der Waals surface area contributed by atoms with Gasteiger partial charge in [-0.15, -0.1) is 0 Å². The highest BCUT2D eigenvalue weighted by atomic mass is 32.9. The standard InChI is InChI=1S/C10H23O3PS2/c1-2-3-8-13-9-6-4-5-7-10-16-14(11,12)15/h2-10H2,1H3,(H2,11,12,15). The Morgan fingerprint density at radius 2 is 1.69 bits per heavy atom. The van der Waals surface area contributed by atoms with Crippen LogP contribution in [0.25, 0.3) is 0 Å². The maximum atomic E-state index is 8.97. The van der Waals surface area contributed by atoms with Crippen LogP contribution < -0.4 is 0 Å². The molecule has 0 radical (unpaired) electrons. The minimum absolute atomic E-state index is 0.751. The first-order chi connectivity index (χ1) is 7.56. The lowest BCUT2D eigenvalue weighted by atomic mass is 10.2. The number of unbranched alkanes of at least 4 members (excludes halogenated alkanes) is 4. The Bertz CT molecular complexity index is 197. The molecular formula is C10H23O3PS2. The van der Waals surface area contributed by atoms with Crippen LogP contribution in [0.4, 0.5) is 0 Å². The van der Waals surface area contributed by atoms with Crippen molar-refractivity contribution >= 4 is 28.9 Å². The number of hydrogen-bond acceptors (Lipinski definition) is 3. The largest absolute Gasteiger partial charge is 0.381 e. The molecule has 0 amide bonds. The highest BCUT2D eigenvalue weighted by molar-refractivity contribution is 8.67. The van der Waals surface area contributed by atoms with Gasteiger partial charge in [-0.3, -0.25) is 0 Å². The number of rotatable bonds is 11. The molecule has 0 aliphatic heterocycles. The van der Waals surface area contributed by atoms with Crippen molar-refractivity contribution in [2.24, 2.45) is 0 Å². The molecule has 6 heteroatoms. The fraction of sp³-hybridized carbons (Fsp3) is 1.00. The predicted octanol–water partition coefficient (Wildman–Crippen LogP) is 3.31. The quantitative estimate of drug-likeness (QED) is 0.451. The van der Waals surface area contributed by atoms with E-state index in [9.17, 15) is 0 Å². The molecule has 16 heavy (non-hydrogen) atoms. The van der Waals surface area contributed by atoms with E-state index in [1.165, 1.54) is 6.42 Å². The molecule has 0 bridgehead atoms. The third kappa shape index (κ3) is 14.9. The van der Waals surface area contributed by atoms with Crippen molar-refractivity contribution in [2.45, 2.75) is 45.4 Å². The lowest BCUT2D eigenvalue weighted by molar-refractivity contribution is 0.127. The molecule has 0 atom stereocenters. The van der Waals surface area contributed by atoms with E-state index in [4.69, 9.17) is 14.5 Å². The van der Waals surface area contributed by atoms with Gasteiger partial charge in [-0.25, -0.2) is 0 Å². The van der Waals surface area contributed by atoms with E-state index in [1.807, 2.05) is 0 Å². The first-order valence-corrected chi connectivity index (χ1v) is 10.1. The van der Waals surface area contributed by atoms with E-state index in [1.54, 1.807) is 0 Å². The summed E-state index contributed by atoms with van der Waals surface area (Å²) < 4.78 is 5.44. The van der Waals surface area contributed by atoms with E-state index in [-0.39, 0.29) is 0 Å². The van der Waals surface area contributed by atoms with Crippen molar-refractivity contribution < 1.29 is 14.5 Å². The number of ether oxygens (including phenoxy) is 1. The Morgan fingerprint density at radius 1 is 1.06 bits per heavy atom. The SMILES string of the molecule is CCCCOCCCCCCSP(O)(O)=S. The maximum absolute atomic E-state index is 8.97. The molecule has 0 aromatic rings. The Kier molecular flexibility index (Phi) is 11.6. The summed E-state index contributed by atoms with van der Waals surface area (Å²) in [5.74, 6) is 0.751. The van der Waals surface area contributed by atoms with Crippen LogP contribution in [0.2, 0.25) is 0 Å². The summed E-state index contributed by atoms with van der Waals surface area (Å²) in [6.07, 6.45) is 6.69. The monoisotopic (exact) mass is 286 g/mol. The van der Waals surface area contributed by atoms with Crippen LogP contribution in [-0.2, 0) is 16.5 Å². The molecule has 0 aliphatic rings. The van der Waals surface area contributed by atoms with Gasteiger partial charge >= 0.3 is 0 Å². The Balaban J connectivity index is 3.02. The average molecular weight is 286 g/mol. The van der Waals surface area contributed by atoms with Gasteiger partial charge in [0.2, 0.25) is 5.69 Å². The minimum Gasteiger partial charge on any atom is -0.381 e. The molecule has 0 spiro atoms. The van der Waals surface area contributed by atoms with Crippen molar-refractivity contribution in [1.29, 1.82) is 0 Å². The predicted molar refractivity (Wildman–Crippen MR) is 75.4 cm³/mol. The average Bonchev–Trinajstić information content (AvgIpc) is 2.19. The third-order valence-corrected chi connectivity index (χ3v) is 5.40. The highest BCUT2D eigenvalue weighted by Crippen LogP contribution is 2.50. The molecule has 0 saturated carbocycles. The van der Waals surface area contributed by atoms with E-state index in [0.29, 0.717) is 0 Å². The summed E-state index contributed by atoms with van der Waals surface area (Å²) in [5, 5.41) is 0. The maximum Gasteiger partial charge on any atom is 0.242 e. The minimum atomic E-state index is -3.01. The molecule has 0 saturated heterocycles. The topological polar surface area (TPSA) is 49.7 Å². The molecule has 2 N–H and O–H groups in total. The van der Waals surface area contributed by atoms with Crippen molar-refractivity contribution in [1.82, 2.24) is 0 Å². The van der Waals surface area contributed by atoms with E-state index in [0.717, 1.165) is 62.5 Å². The zero-order chi connectivity index (χ0) is 12.3. The molecule has 0 aliphatic carbocycles. The highest BCUT2D eigenvalue weighted by Gasteiger charge is 2.06. The van der Waals surface area contributed by atoms with Crippen LogP contribution in [-0.4, -0.2) is 28.8 Å². The van der Waals surface area contributed by atoms with Crippen molar-refractivity contribution in [2.75, 3.05) is 19.0 Å². The molecule has 0 unspecified atom stereocenters. The van der Waals surface area contributed by atoms with Gasteiger partial charge in [0, 0.05) is 19.0 Å². The van der Waals surface area contributed by atoms with Crippen LogP contribution in [0.5, 0.6) is 0 Å². The molecular weight excluding hydrogens is 263 g/mol. The van der Waals surface area contributed by atoms with Gasteiger partial charge < -0.3 is 14.5 Å². The summed E-state index contributed by atoms with van der Waals surface area (Å²) in [6.45, 7) is 3.89. The molecule has 0 heterocycles. The van der Waals surface area contributed by atoms with Gasteiger partial charge in [0.25, 0.3) is 0 Å². The Labute approximate surface area is 108 Å². The summed E-state index contributed by atoms with van der Waals surface area (Å²) in [4.78, 5) is 17.9. The van der Waals surface area contributed by atoms with Gasteiger partial charge in [-0.1, -0.05) is 37.6 Å². The molecule has 98 valence electrons. The summed E-state index contributed by atoms with van der Waals surface area (Å²) in [6, 6.07) is 0. The summed E-state index contributed by atoms with van der Waals surface area (Å²) in [5.41, 5.74) is -3.01. The molecule has 3 nitrogen and oxygen atoms in total. The van der Waals surface area contributed by atoms with Crippen molar-refractivity contribution in [3.63, 3.8) is 0 Å². The van der Waals surface area contributed by atoms with Crippen LogP contribution in [0, 0.1) is 0 Å². The first-order valence-electron chi connectivity index (χ1n) is 5.84. The normalized spacial score (nSPS) is 11.9. The van der Waals surface area contributed by atoms with Crippen LogP contribution in [0.15, 0.2) is 0 Å². The van der Waals surface area contributed by atoms with Gasteiger partial charge in [0.05, 0.1) is 0 Å². The van der Waals surface area contributed by atoms with Crippen molar-refractivity contribution in [3.8, 4) is 0 Å². The van der Waals surface area contributed by atoms with Gasteiger partial charge in [0.15, 0.2) is 0 Å². The van der Waals surface area contributed by atoms with E-state index in [2.05, 4.69) is 18.7 Å². The Morgan fingerprint density at radius 3 is 2.31 bits per heavy atom. The van der Waals surface area contributed by atoms with Gasteiger partial charge in [-0.2, -0.15) is 0 Å². The number of hydrogen-bond donors (Lipinski definition) is 2. The smallest absolute Gasteiger partial charge is 0.242 e. The summed E-state index contributed by atoms with van der Waals surface area (Å²) >= 11 is 5.62. The second-order valence-corrected chi connectivity index (χ2v) is 9.87. The van der Waals surface area contributed by atoms with E-state index < -0.39 is 5.69 Å². The lowest BCUT2D eigenvalue weighted by Crippen LogP contribution is -1.96. The van der Waals surface area contributed by atoms with Crippen LogP contribution in [0.3, 0.4) is 0 Å². The first kappa shape index (κ1) is 16.9. The zero-order valence-electron chi connectivity index (χ0n) is 9.93. The second-order valence-electron chi connectivity index (χ2n) is 3.70. The fourth-order valence-electron chi connectivity index (χ4n) is 1.19. The second kappa shape index (κ2) is 11.0. The molecule has 0 rings (SSSR count). The Hall–Kier alpha value is 0.880. The van der Waals surface area contributed by atoms with E-state index >= 15 is 0 Å². The lowest BCUT2D eigenvalue weighted by Gasteiger charge is -2.06. The van der Waals surface area contributed by atoms with Gasteiger partial charge in [0.1, 0.15) is 0 Å². The van der Waals surface area contributed by atoms with Crippen LogP contribution in [0.1, 0.15) is 45.4 Å². The van der Waals surface area contributed by atoms with Crippen molar-refractivity contribution in [3.05, 3.63) is 0 Å².